The molecule has 3 rings (SSSR count). The van der Waals surface area contributed by atoms with Crippen LogP contribution in [0.4, 0.5) is 11.5 Å². The molecule has 0 bridgehead atoms. The summed E-state index contributed by atoms with van der Waals surface area (Å²) in [5.41, 5.74) is 6.92. The summed E-state index contributed by atoms with van der Waals surface area (Å²) in [6, 6.07) is 7.05. The molecule has 0 spiro atoms. The number of hydrogen-bond acceptors (Lipinski definition) is 6. The molecule has 1 aromatic carbocycles. The first kappa shape index (κ1) is 19.4. The van der Waals surface area contributed by atoms with Crippen molar-refractivity contribution in [1.82, 2.24) is 9.97 Å². The molecular formula is C18H24N5O3S+. The fourth-order valence-electron chi connectivity index (χ4n) is 2.75. The summed E-state index contributed by atoms with van der Waals surface area (Å²) in [5, 5.41) is 3.01. The van der Waals surface area contributed by atoms with Crippen LogP contribution in [0.1, 0.15) is 15.9 Å². The van der Waals surface area contributed by atoms with E-state index in [4.69, 9.17) is 10.5 Å². The zero-order valence-corrected chi connectivity index (χ0v) is 16.0. The monoisotopic (exact) mass is 390 g/mol. The Bertz CT molecular complexity index is 847. The lowest BCUT2D eigenvalue weighted by Crippen LogP contribution is -3.14. The van der Waals surface area contributed by atoms with E-state index in [1.807, 2.05) is 19.1 Å². The van der Waals surface area contributed by atoms with Crippen LogP contribution in [0.3, 0.4) is 0 Å². The van der Waals surface area contributed by atoms with Crippen LogP contribution in [-0.2, 0) is 4.74 Å². The van der Waals surface area contributed by atoms with Gasteiger partial charge in [0.2, 0.25) is 0 Å². The largest absolute Gasteiger partial charge is 0.382 e. The van der Waals surface area contributed by atoms with Crippen molar-refractivity contribution in [2.45, 2.75) is 12.1 Å². The maximum Gasteiger partial charge on any atom is 0.277 e. The second-order valence-electron chi connectivity index (χ2n) is 6.41. The fourth-order valence-corrected chi connectivity index (χ4v) is 3.66. The lowest BCUT2D eigenvalue weighted by molar-refractivity contribution is -0.905. The van der Waals surface area contributed by atoms with Crippen molar-refractivity contribution < 1.29 is 14.4 Å². The molecule has 0 saturated carbocycles. The van der Waals surface area contributed by atoms with E-state index >= 15 is 0 Å². The molecule has 1 amide bonds. The van der Waals surface area contributed by atoms with Gasteiger partial charge in [0.15, 0.2) is 11.0 Å². The van der Waals surface area contributed by atoms with Crippen molar-refractivity contribution in [2.24, 2.45) is 0 Å². The molecule has 27 heavy (non-hydrogen) atoms. The third-order valence-corrected chi connectivity index (χ3v) is 5.25. The van der Waals surface area contributed by atoms with Crippen LogP contribution in [0.2, 0.25) is 0 Å². The van der Waals surface area contributed by atoms with Gasteiger partial charge in [-0.05, 0) is 19.1 Å². The number of aryl methyl sites for hydroxylation is 1. The van der Waals surface area contributed by atoms with E-state index in [9.17, 15) is 9.59 Å². The van der Waals surface area contributed by atoms with E-state index in [0.717, 1.165) is 44.2 Å². The van der Waals surface area contributed by atoms with Gasteiger partial charge in [-0.2, -0.15) is 0 Å². The van der Waals surface area contributed by atoms with Crippen molar-refractivity contribution in [3.63, 3.8) is 0 Å². The minimum atomic E-state index is -0.454. The van der Waals surface area contributed by atoms with Gasteiger partial charge in [-0.25, -0.2) is 4.98 Å². The Labute approximate surface area is 161 Å². The van der Waals surface area contributed by atoms with Crippen molar-refractivity contribution in [3.05, 3.63) is 45.7 Å². The second kappa shape index (κ2) is 9.03. The first-order valence-electron chi connectivity index (χ1n) is 8.85. The molecule has 1 aliphatic rings. The number of carbonyl (C=O) groups is 1. The van der Waals surface area contributed by atoms with Crippen LogP contribution >= 0.6 is 11.8 Å². The summed E-state index contributed by atoms with van der Waals surface area (Å²) in [5.74, 6) is 0.429. The smallest absolute Gasteiger partial charge is 0.277 e. The van der Waals surface area contributed by atoms with E-state index in [2.05, 4.69) is 15.3 Å². The number of aromatic nitrogens is 2. The maximum atomic E-state index is 12.3. The van der Waals surface area contributed by atoms with Crippen molar-refractivity contribution in [3.8, 4) is 0 Å². The first-order chi connectivity index (χ1) is 13.0. The fraction of sp³-hybridized carbons (Fsp3) is 0.389. The summed E-state index contributed by atoms with van der Waals surface area (Å²) in [7, 11) is 0. The van der Waals surface area contributed by atoms with Gasteiger partial charge < -0.3 is 20.7 Å². The Morgan fingerprint density at radius 3 is 2.70 bits per heavy atom. The number of ether oxygens (including phenoxy) is 1. The van der Waals surface area contributed by atoms with E-state index < -0.39 is 11.5 Å². The number of carbonyl (C=O) groups excluding carboxylic acids is 1. The van der Waals surface area contributed by atoms with Gasteiger partial charge >= 0.3 is 0 Å². The zero-order valence-electron chi connectivity index (χ0n) is 15.2. The Kier molecular flexibility index (Phi) is 6.49. The minimum Gasteiger partial charge on any atom is -0.382 e. The molecule has 5 N–H and O–H groups in total. The van der Waals surface area contributed by atoms with Crippen LogP contribution in [0.15, 0.2) is 34.2 Å². The Morgan fingerprint density at radius 1 is 1.33 bits per heavy atom. The third kappa shape index (κ3) is 5.31. The molecular weight excluding hydrogens is 366 g/mol. The number of quaternary nitrogens is 1. The van der Waals surface area contributed by atoms with E-state index in [1.165, 1.54) is 16.7 Å². The molecule has 1 fully saturated rings. The highest BCUT2D eigenvalue weighted by atomic mass is 32.2. The number of anilines is 2. The Morgan fingerprint density at radius 2 is 2.04 bits per heavy atom. The van der Waals surface area contributed by atoms with Gasteiger partial charge in [-0.3, -0.25) is 14.6 Å². The van der Waals surface area contributed by atoms with E-state index in [1.54, 1.807) is 12.1 Å². The normalized spacial score (nSPS) is 14.9. The second-order valence-corrected chi connectivity index (χ2v) is 7.50. The van der Waals surface area contributed by atoms with Crippen LogP contribution in [0, 0.1) is 6.92 Å². The lowest BCUT2D eigenvalue weighted by Gasteiger charge is -2.23. The number of amides is 1. The predicted molar refractivity (Wildman–Crippen MR) is 106 cm³/mol. The summed E-state index contributed by atoms with van der Waals surface area (Å²) in [4.78, 5) is 33.0. The molecule has 0 unspecified atom stereocenters. The third-order valence-electron chi connectivity index (χ3n) is 4.37. The highest BCUT2D eigenvalue weighted by molar-refractivity contribution is 7.99. The molecule has 144 valence electrons. The van der Waals surface area contributed by atoms with Crippen LogP contribution in [0.5, 0.6) is 0 Å². The summed E-state index contributed by atoms with van der Waals surface area (Å²) in [6.07, 6.45) is 0. The molecule has 0 aliphatic carbocycles. The molecule has 0 atom stereocenters. The van der Waals surface area contributed by atoms with Gasteiger partial charge in [0.25, 0.3) is 11.5 Å². The predicted octanol–water partition coefficient (Wildman–Crippen LogP) is -0.0800. The van der Waals surface area contributed by atoms with E-state index in [0.29, 0.717) is 10.7 Å². The molecule has 1 saturated heterocycles. The summed E-state index contributed by atoms with van der Waals surface area (Å²) >= 11 is 1.45. The first-order valence-corrected chi connectivity index (χ1v) is 9.83. The highest BCUT2D eigenvalue weighted by Crippen LogP contribution is 2.17. The van der Waals surface area contributed by atoms with Crippen LogP contribution < -0.4 is 21.5 Å². The molecule has 8 nitrogen and oxygen atoms in total. The zero-order chi connectivity index (χ0) is 19.2. The molecule has 0 radical (unpaired) electrons. The van der Waals surface area contributed by atoms with Crippen molar-refractivity contribution in [1.29, 1.82) is 0 Å². The number of H-pyrrole nitrogens is 1. The summed E-state index contributed by atoms with van der Waals surface area (Å²) < 4.78 is 5.34. The number of nitrogens with zero attached hydrogens (tertiary/aromatic N) is 1. The summed E-state index contributed by atoms with van der Waals surface area (Å²) in [6.45, 7) is 6.47. The molecule has 1 aliphatic heterocycles. The topological polar surface area (TPSA) is 115 Å². The van der Waals surface area contributed by atoms with Gasteiger partial charge in [0.1, 0.15) is 18.8 Å². The average Bonchev–Trinajstić information content (AvgIpc) is 2.66. The highest BCUT2D eigenvalue weighted by Gasteiger charge is 2.16. The number of thioether (sulfide) groups is 1. The number of hydrogen-bond donors (Lipinski definition) is 4. The Hall–Kier alpha value is -2.36. The number of nitrogen functional groups attached to an aromatic ring is 1. The molecule has 2 heterocycles. The SMILES string of the molecule is Cc1ccc(C(=O)Nc2c(N)nc(SCC[NH+]3CCOCC3)[nH]c2=O)cc1. The number of rotatable bonds is 6. The number of aromatic amines is 1. The molecule has 9 heteroatoms. The maximum absolute atomic E-state index is 12.3. The minimum absolute atomic E-state index is 0.0143. The van der Waals surface area contributed by atoms with E-state index in [-0.39, 0.29) is 11.5 Å². The number of nitrogens with two attached hydrogens (primary N) is 1. The van der Waals surface area contributed by atoms with Gasteiger partial charge in [-0.1, -0.05) is 29.5 Å². The average molecular weight is 390 g/mol. The van der Waals surface area contributed by atoms with Crippen molar-refractivity contribution in [2.75, 3.05) is 49.7 Å². The van der Waals surface area contributed by atoms with Gasteiger partial charge in [-0.15, -0.1) is 0 Å². The van der Waals surface area contributed by atoms with Crippen LogP contribution in [-0.4, -0.2) is 54.5 Å². The standard InChI is InChI=1S/C18H23N5O3S/c1-12-2-4-13(5-3-12)16(24)20-14-15(19)21-18(22-17(14)25)27-11-8-23-6-9-26-10-7-23/h2-5H,6-11H2,1H3,(H,20,24)(H3,19,21,22,25)/p+1. The number of nitrogens with one attached hydrogen (secondary N) is 3. The molecule has 2 aromatic rings. The number of morpholine rings is 1. The van der Waals surface area contributed by atoms with Crippen LogP contribution in [0.25, 0.3) is 0 Å². The van der Waals surface area contributed by atoms with Crippen molar-refractivity contribution >= 4 is 29.2 Å². The van der Waals surface area contributed by atoms with Gasteiger partial charge in [0.05, 0.1) is 25.5 Å². The number of benzene rings is 1. The quantitative estimate of drug-likeness (QED) is 0.405. The Balaban J connectivity index is 1.61. The molecule has 1 aromatic heterocycles. The lowest BCUT2D eigenvalue weighted by atomic mass is 10.1. The van der Waals surface area contributed by atoms with Gasteiger partial charge in [0, 0.05) is 5.56 Å².